The standard InChI is InChI=1S/C52H32N2O2/c1-2-15-39-33(12-1)26-31-43-50-38(19-10-24-48(50)56-52(39)43)34-13-9-14-37(32-34)53(46-22-11-25-49-51(46)42-18-5-8-23-47(42)55-49)35-27-29-36(30-28-35)54-44-20-6-3-16-40(44)41-17-4-7-21-45(41)54/h1-32H. The summed E-state index contributed by atoms with van der Waals surface area (Å²) in [6, 6.07) is 69.0. The average molecular weight is 717 g/mol. The van der Waals surface area contributed by atoms with E-state index in [9.17, 15) is 0 Å². The summed E-state index contributed by atoms with van der Waals surface area (Å²) in [6.45, 7) is 0. The van der Waals surface area contributed by atoms with Gasteiger partial charge in [0.15, 0.2) is 0 Å². The molecule has 0 saturated carbocycles. The van der Waals surface area contributed by atoms with Gasteiger partial charge in [0.2, 0.25) is 0 Å². The predicted octanol–water partition coefficient (Wildman–Crippen LogP) is 14.9. The summed E-state index contributed by atoms with van der Waals surface area (Å²) >= 11 is 0. The highest BCUT2D eigenvalue weighted by Gasteiger charge is 2.21. The van der Waals surface area contributed by atoms with Gasteiger partial charge in [0.1, 0.15) is 22.3 Å². The first-order chi connectivity index (χ1) is 27.8. The van der Waals surface area contributed by atoms with Gasteiger partial charge in [-0.3, -0.25) is 0 Å². The van der Waals surface area contributed by atoms with Crippen LogP contribution in [0, 0.1) is 0 Å². The van der Waals surface area contributed by atoms with Gasteiger partial charge < -0.3 is 18.3 Å². The maximum absolute atomic E-state index is 6.60. The van der Waals surface area contributed by atoms with Crippen molar-refractivity contribution >= 4 is 93.5 Å². The molecule has 262 valence electrons. The first-order valence-corrected chi connectivity index (χ1v) is 19.0. The van der Waals surface area contributed by atoms with Crippen LogP contribution in [-0.4, -0.2) is 4.57 Å². The third-order valence-corrected chi connectivity index (χ3v) is 11.4. The second-order valence-electron chi connectivity index (χ2n) is 14.5. The van der Waals surface area contributed by atoms with Crippen LogP contribution in [0.1, 0.15) is 0 Å². The van der Waals surface area contributed by atoms with E-state index in [0.29, 0.717) is 0 Å². The summed E-state index contributed by atoms with van der Waals surface area (Å²) in [4.78, 5) is 2.37. The zero-order valence-electron chi connectivity index (χ0n) is 30.2. The van der Waals surface area contributed by atoms with E-state index in [-0.39, 0.29) is 0 Å². The molecule has 0 bridgehead atoms. The first kappa shape index (κ1) is 30.9. The second-order valence-corrected chi connectivity index (χ2v) is 14.5. The SMILES string of the molecule is c1cc(-c2cccc3oc4c5ccccc5ccc4c23)cc(N(c2ccc(-n3c4ccccc4c4ccccc43)cc2)c2cccc3oc4ccccc4c23)c1. The molecular weight excluding hydrogens is 685 g/mol. The normalized spacial score (nSPS) is 11.9. The fourth-order valence-corrected chi connectivity index (χ4v) is 8.93. The topological polar surface area (TPSA) is 34.5 Å². The number of furan rings is 2. The van der Waals surface area contributed by atoms with Gasteiger partial charge >= 0.3 is 0 Å². The van der Waals surface area contributed by atoms with Gasteiger partial charge in [-0.2, -0.15) is 0 Å². The van der Waals surface area contributed by atoms with Gasteiger partial charge in [0.05, 0.1) is 22.1 Å². The van der Waals surface area contributed by atoms with Crippen LogP contribution in [0.5, 0.6) is 0 Å². The number of hydrogen-bond donors (Lipinski definition) is 0. The Labute approximate surface area is 321 Å². The van der Waals surface area contributed by atoms with Crippen molar-refractivity contribution in [2.45, 2.75) is 0 Å². The molecule has 0 amide bonds. The van der Waals surface area contributed by atoms with E-state index in [1.165, 1.54) is 27.2 Å². The Morgan fingerprint density at radius 3 is 1.84 bits per heavy atom. The van der Waals surface area contributed by atoms with Crippen molar-refractivity contribution in [1.29, 1.82) is 0 Å². The molecule has 12 aromatic rings. The Hall–Kier alpha value is -7.56. The van der Waals surface area contributed by atoms with E-state index >= 15 is 0 Å². The molecule has 0 aliphatic carbocycles. The average Bonchev–Trinajstić information content (AvgIpc) is 3.94. The lowest BCUT2D eigenvalue weighted by Gasteiger charge is -2.27. The largest absolute Gasteiger partial charge is 0.456 e. The monoisotopic (exact) mass is 716 g/mol. The molecule has 3 heterocycles. The lowest BCUT2D eigenvalue weighted by Crippen LogP contribution is -2.10. The Morgan fingerprint density at radius 1 is 0.393 bits per heavy atom. The number of rotatable bonds is 5. The minimum absolute atomic E-state index is 0.855. The Kier molecular flexibility index (Phi) is 6.60. The minimum Gasteiger partial charge on any atom is -0.456 e. The number of aromatic nitrogens is 1. The van der Waals surface area contributed by atoms with Gasteiger partial charge in [-0.15, -0.1) is 0 Å². The van der Waals surface area contributed by atoms with Gasteiger partial charge in [-0.05, 0) is 95.4 Å². The molecule has 0 saturated heterocycles. The van der Waals surface area contributed by atoms with Crippen LogP contribution in [0.2, 0.25) is 0 Å². The van der Waals surface area contributed by atoms with Crippen molar-refractivity contribution in [1.82, 2.24) is 4.57 Å². The lowest BCUT2D eigenvalue weighted by atomic mass is 9.97. The minimum atomic E-state index is 0.855. The highest BCUT2D eigenvalue weighted by Crippen LogP contribution is 2.45. The quantitative estimate of drug-likeness (QED) is 0.178. The molecule has 0 unspecified atom stereocenters. The summed E-state index contributed by atoms with van der Waals surface area (Å²) in [5.74, 6) is 0. The summed E-state index contributed by atoms with van der Waals surface area (Å²) in [7, 11) is 0. The molecule has 0 N–H and O–H groups in total. The van der Waals surface area contributed by atoms with E-state index in [0.717, 1.165) is 83.1 Å². The molecule has 0 fully saturated rings. The molecule has 12 rings (SSSR count). The fraction of sp³-hybridized carbons (Fsp3) is 0. The van der Waals surface area contributed by atoms with Gasteiger partial charge in [-0.1, -0.05) is 115 Å². The molecule has 56 heavy (non-hydrogen) atoms. The third-order valence-electron chi connectivity index (χ3n) is 11.4. The van der Waals surface area contributed by atoms with Crippen molar-refractivity contribution in [3.05, 3.63) is 194 Å². The van der Waals surface area contributed by atoms with Crippen LogP contribution in [0.3, 0.4) is 0 Å². The highest BCUT2D eigenvalue weighted by atomic mass is 16.3. The van der Waals surface area contributed by atoms with Crippen LogP contribution in [0.4, 0.5) is 17.1 Å². The zero-order chi connectivity index (χ0) is 36.7. The zero-order valence-corrected chi connectivity index (χ0v) is 30.2. The highest BCUT2D eigenvalue weighted by molar-refractivity contribution is 6.19. The summed E-state index contributed by atoms with van der Waals surface area (Å²) in [5, 5.41) is 9.19. The molecular formula is C52H32N2O2. The van der Waals surface area contributed by atoms with E-state index in [1.807, 2.05) is 12.1 Å². The van der Waals surface area contributed by atoms with Crippen LogP contribution < -0.4 is 4.90 Å². The molecule has 9 aromatic carbocycles. The van der Waals surface area contributed by atoms with Crippen molar-refractivity contribution in [2.75, 3.05) is 4.90 Å². The van der Waals surface area contributed by atoms with Crippen molar-refractivity contribution in [3.63, 3.8) is 0 Å². The van der Waals surface area contributed by atoms with Crippen molar-refractivity contribution < 1.29 is 8.83 Å². The smallest absolute Gasteiger partial charge is 0.143 e. The fourth-order valence-electron chi connectivity index (χ4n) is 8.93. The molecule has 3 aromatic heterocycles. The maximum Gasteiger partial charge on any atom is 0.143 e. The first-order valence-electron chi connectivity index (χ1n) is 19.0. The Morgan fingerprint density at radius 2 is 1.04 bits per heavy atom. The Balaban J connectivity index is 1.07. The van der Waals surface area contributed by atoms with Crippen molar-refractivity contribution in [3.8, 4) is 16.8 Å². The van der Waals surface area contributed by atoms with E-state index in [2.05, 4.69) is 191 Å². The molecule has 4 nitrogen and oxygen atoms in total. The van der Waals surface area contributed by atoms with E-state index < -0.39 is 0 Å². The number of anilines is 3. The predicted molar refractivity (Wildman–Crippen MR) is 233 cm³/mol. The molecule has 0 radical (unpaired) electrons. The second kappa shape index (κ2) is 12.0. The molecule has 0 atom stereocenters. The number of hydrogen-bond acceptors (Lipinski definition) is 3. The lowest BCUT2D eigenvalue weighted by molar-refractivity contribution is 0.669. The van der Waals surface area contributed by atoms with Gasteiger partial charge in [0, 0.05) is 49.4 Å². The number of para-hydroxylation sites is 3. The number of fused-ring (bicyclic) bond motifs is 11. The Bertz CT molecular complexity index is 3440. The molecule has 4 heteroatoms. The maximum atomic E-state index is 6.60. The molecule has 0 aliphatic rings. The van der Waals surface area contributed by atoms with Crippen LogP contribution in [0.25, 0.3) is 93.3 Å². The van der Waals surface area contributed by atoms with Gasteiger partial charge in [-0.25, -0.2) is 0 Å². The van der Waals surface area contributed by atoms with E-state index in [4.69, 9.17) is 8.83 Å². The number of nitrogens with zero attached hydrogens (tertiary/aromatic N) is 2. The summed E-state index contributed by atoms with van der Waals surface area (Å²) < 4.78 is 15.4. The summed E-state index contributed by atoms with van der Waals surface area (Å²) in [5.41, 5.74) is 12.4. The van der Waals surface area contributed by atoms with Gasteiger partial charge in [0.25, 0.3) is 0 Å². The van der Waals surface area contributed by atoms with Crippen LogP contribution in [-0.2, 0) is 0 Å². The molecule has 0 aliphatic heterocycles. The van der Waals surface area contributed by atoms with Crippen molar-refractivity contribution in [2.24, 2.45) is 0 Å². The molecule has 0 spiro atoms. The third kappa shape index (κ3) is 4.53. The van der Waals surface area contributed by atoms with Crippen LogP contribution >= 0.6 is 0 Å². The number of benzene rings is 9. The van der Waals surface area contributed by atoms with Crippen LogP contribution in [0.15, 0.2) is 203 Å². The van der Waals surface area contributed by atoms with E-state index in [1.54, 1.807) is 0 Å². The summed E-state index contributed by atoms with van der Waals surface area (Å²) in [6.07, 6.45) is 0.